The molecule has 4 nitrogen and oxygen atoms in total. The number of hydrogen-bond donors (Lipinski definition) is 2. The molecule has 154 valence electrons. The molecule has 1 fully saturated rings. The van der Waals surface area contributed by atoms with Gasteiger partial charge in [-0.3, -0.25) is 9.59 Å². The molecule has 2 aromatic rings. The molecule has 0 saturated heterocycles. The molecule has 1 aliphatic rings. The van der Waals surface area contributed by atoms with Gasteiger partial charge in [0, 0.05) is 28.7 Å². The average molecular weight is 478 g/mol. The molecule has 1 aliphatic carbocycles. The molecular formula is C20H17Cl4FN2O2. The smallest absolute Gasteiger partial charge is 0.251 e. The van der Waals surface area contributed by atoms with Crippen LogP contribution in [0.4, 0.5) is 10.1 Å². The van der Waals surface area contributed by atoms with E-state index >= 15 is 0 Å². The van der Waals surface area contributed by atoms with Gasteiger partial charge in [0.15, 0.2) is 0 Å². The Hall–Kier alpha value is -1.53. The topological polar surface area (TPSA) is 58.2 Å². The molecule has 29 heavy (non-hydrogen) atoms. The molecule has 0 aromatic heterocycles. The molecule has 3 rings (SSSR count). The summed E-state index contributed by atoms with van der Waals surface area (Å²) in [5.41, 5.74) is 1.87. The minimum atomic E-state index is -1.36. The lowest BCUT2D eigenvalue weighted by molar-refractivity contribution is -0.117. The van der Waals surface area contributed by atoms with E-state index in [4.69, 9.17) is 46.4 Å². The molecule has 2 aromatic carbocycles. The highest BCUT2D eigenvalue weighted by Gasteiger charge is 2.67. The van der Waals surface area contributed by atoms with Gasteiger partial charge in [0.05, 0.1) is 10.9 Å². The van der Waals surface area contributed by atoms with E-state index in [0.29, 0.717) is 33.9 Å². The van der Waals surface area contributed by atoms with Crippen molar-refractivity contribution >= 4 is 63.9 Å². The highest BCUT2D eigenvalue weighted by atomic mass is 35.5. The van der Waals surface area contributed by atoms with Crippen LogP contribution < -0.4 is 10.6 Å². The van der Waals surface area contributed by atoms with E-state index in [-0.39, 0.29) is 10.9 Å². The van der Waals surface area contributed by atoms with Gasteiger partial charge in [-0.15, -0.1) is 23.2 Å². The molecule has 0 spiro atoms. The fourth-order valence-electron chi connectivity index (χ4n) is 3.24. The molecule has 1 saturated carbocycles. The standard InChI is InChI=1S/C20H17Cl4FN2O2/c1-3-26-18(28)12-7-11(8-13(21)9(12)2)27-19(29)17-16(20(17,23)24)10-4-5-15(25)14(22)6-10/h4-8,16-17H,3H2,1-2H3,(H,26,28)(H,27,29)/t16-,17+/m0/s1. The van der Waals surface area contributed by atoms with Crippen LogP contribution in [0.15, 0.2) is 30.3 Å². The van der Waals surface area contributed by atoms with E-state index in [1.807, 2.05) is 0 Å². The van der Waals surface area contributed by atoms with Crippen LogP contribution in [-0.4, -0.2) is 22.7 Å². The van der Waals surface area contributed by atoms with Crippen molar-refractivity contribution in [2.24, 2.45) is 5.92 Å². The second-order valence-corrected chi connectivity index (χ2v) is 9.04. The number of carbonyl (C=O) groups is 2. The normalized spacial score (nSPS) is 19.6. The number of anilines is 1. The lowest BCUT2D eigenvalue weighted by atomic mass is 10.1. The highest BCUT2D eigenvalue weighted by molar-refractivity contribution is 6.53. The fraction of sp³-hybridized carbons (Fsp3) is 0.300. The van der Waals surface area contributed by atoms with Gasteiger partial charge in [0.1, 0.15) is 10.2 Å². The molecule has 9 heteroatoms. The van der Waals surface area contributed by atoms with Crippen LogP contribution >= 0.6 is 46.4 Å². The Morgan fingerprint density at radius 2 is 1.83 bits per heavy atom. The van der Waals surface area contributed by atoms with Gasteiger partial charge in [0.2, 0.25) is 5.91 Å². The van der Waals surface area contributed by atoms with Crippen molar-refractivity contribution in [1.82, 2.24) is 5.32 Å². The molecule has 2 N–H and O–H groups in total. The zero-order valence-electron chi connectivity index (χ0n) is 15.5. The van der Waals surface area contributed by atoms with E-state index in [2.05, 4.69) is 10.6 Å². The summed E-state index contributed by atoms with van der Waals surface area (Å²) in [4.78, 5) is 25.0. The third kappa shape index (κ3) is 4.33. The van der Waals surface area contributed by atoms with Crippen LogP contribution in [0.1, 0.15) is 34.3 Å². The van der Waals surface area contributed by atoms with Crippen molar-refractivity contribution in [2.45, 2.75) is 24.1 Å². The first-order valence-corrected chi connectivity index (χ1v) is 10.3. The molecule has 0 bridgehead atoms. The van der Waals surface area contributed by atoms with Crippen molar-refractivity contribution in [3.05, 3.63) is 62.9 Å². The van der Waals surface area contributed by atoms with Crippen LogP contribution in [0, 0.1) is 18.7 Å². The second kappa shape index (κ2) is 8.31. The Kier molecular flexibility index (Phi) is 6.35. The predicted octanol–water partition coefficient (Wildman–Crippen LogP) is 5.72. The monoisotopic (exact) mass is 476 g/mol. The summed E-state index contributed by atoms with van der Waals surface area (Å²) in [5, 5.41) is 5.68. The van der Waals surface area contributed by atoms with Gasteiger partial charge >= 0.3 is 0 Å². The maximum atomic E-state index is 13.4. The Labute approximate surface area is 187 Å². The summed E-state index contributed by atoms with van der Waals surface area (Å²) in [6.07, 6.45) is 0. The molecule has 0 radical (unpaired) electrons. The zero-order chi connectivity index (χ0) is 21.5. The third-order valence-electron chi connectivity index (χ3n) is 4.83. The quantitative estimate of drug-likeness (QED) is 0.541. The van der Waals surface area contributed by atoms with Gasteiger partial charge in [0.25, 0.3) is 5.91 Å². The number of halogens is 5. The van der Waals surface area contributed by atoms with Crippen LogP contribution in [0.2, 0.25) is 10.0 Å². The lowest BCUT2D eigenvalue weighted by Crippen LogP contribution is -2.24. The average Bonchev–Trinajstić information content (AvgIpc) is 3.22. The van der Waals surface area contributed by atoms with Crippen LogP contribution in [0.3, 0.4) is 0 Å². The number of alkyl halides is 2. The summed E-state index contributed by atoms with van der Waals surface area (Å²) < 4.78 is 12.1. The first-order chi connectivity index (χ1) is 13.6. The number of carbonyl (C=O) groups excluding carboxylic acids is 2. The summed E-state index contributed by atoms with van der Waals surface area (Å²) in [6.45, 7) is 3.98. The minimum Gasteiger partial charge on any atom is -0.352 e. The van der Waals surface area contributed by atoms with Crippen molar-refractivity contribution < 1.29 is 14.0 Å². The summed E-state index contributed by atoms with van der Waals surface area (Å²) >= 11 is 24.7. The van der Waals surface area contributed by atoms with Gasteiger partial charge in [-0.1, -0.05) is 29.3 Å². The zero-order valence-corrected chi connectivity index (χ0v) is 18.5. The SMILES string of the molecule is CCNC(=O)c1cc(NC(=O)[C@H]2[C@H](c3ccc(F)c(Cl)c3)C2(Cl)Cl)cc(Cl)c1C. The van der Waals surface area contributed by atoms with Crippen molar-refractivity contribution in [1.29, 1.82) is 0 Å². The van der Waals surface area contributed by atoms with Crippen molar-refractivity contribution in [3.63, 3.8) is 0 Å². The predicted molar refractivity (Wildman–Crippen MR) is 115 cm³/mol. The first-order valence-electron chi connectivity index (χ1n) is 8.79. The first kappa shape index (κ1) is 22.2. The van der Waals surface area contributed by atoms with Gasteiger partial charge in [-0.2, -0.15) is 0 Å². The number of hydrogen-bond acceptors (Lipinski definition) is 2. The van der Waals surface area contributed by atoms with E-state index in [9.17, 15) is 14.0 Å². The Morgan fingerprint density at radius 3 is 2.45 bits per heavy atom. The highest BCUT2D eigenvalue weighted by Crippen LogP contribution is 2.65. The third-order valence-corrected chi connectivity index (χ3v) is 6.46. The van der Waals surface area contributed by atoms with E-state index in [0.717, 1.165) is 0 Å². The lowest BCUT2D eigenvalue weighted by Gasteiger charge is -2.12. The maximum Gasteiger partial charge on any atom is 0.251 e. The van der Waals surface area contributed by atoms with Gasteiger partial charge in [-0.05, 0) is 49.2 Å². The van der Waals surface area contributed by atoms with Crippen LogP contribution in [0.25, 0.3) is 0 Å². The number of nitrogens with one attached hydrogen (secondary N) is 2. The van der Waals surface area contributed by atoms with E-state index in [1.165, 1.54) is 18.2 Å². The Balaban J connectivity index is 1.83. The van der Waals surface area contributed by atoms with Gasteiger partial charge in [-0.25, -0.2) is 4.39 Å². The van der Waals surface area contributed by atoms with Crippen LogP contribution in [0.5, 0.6) is 0 Å². The molecular weight excluding hydrogens is 461 g/mol. The maximum absolute atomic E-state index is 13.4. The Bertz CT molecular complexity index is 997. The van der Waals surface area contributed by atoms with Crippen molar-refractivity contribution in [3.8, 4) is 0 Å². The number of amides is 2. The van der Waals surface area contributed by atoms with Crippen molar-refractivity contribution in [2.75, 3.05) is 11.9 Å². The van der Waals surface area contributed by atoms with Gasteiger partial charge < -0.3 is 10.6 Å². The molecule has 0 unspecified atom stereocenters. The summed E-state index contributed by atoms with van der Waals surface area (Å²) in [5.74, 6) is -2.63. The number of rotatable bonds is 5. The molecule has 2 amide bonds. The summed E-state index contributed by atoms with van der Waals surface area (Å²) in [7, 11) is 0. The van der Waals surface area contributed by atoms with Crippen LogP contribution in [-0.2, 0) is 4.79 Å². The largest absolute Gasteiger partial charge is 0.352 e. The minimum absolute atomic E-state index is 0.0745. The Morgan fingerprint density at radius 1 is 1.14 bits per heavy atom. The summed E-state index contributed by atoms with van der Waals surface area (Å²) in [6, 6.07) is 7.19. The fourth-order valence-corrected chi connectivity index (χ4v) is 4.47. The van der Waals surface area contributed by atoms with E-state index in [1.54, 1.807) is 26.0 Å². The van der Waals surface area contributed by atoms with E-state index < -0.39 is 27.9 Å². The number of benzene rings is 2. The molecule has 0 aliphatic heterocycles. The molecule has 0 heterocycles. The molecule has 2 atom stereocenters. The second-order valence-electron chi connectivity index (χ2n) is 6.78.